The van der Waals surface area contributed by atoms with Crippen LogP contribution in [0.25, 0.3) is 37.0 Å². The lowest BCUT2D eigenvalue weighted by Crippen LogP contribution is -2.56. The number of anilines is 1. The molecule has 9 heteroatoms. The van der Waals surface area contributed by atoms with Crippen molar-refractivity contribution < 1.29 is 9.53 Å². The Kier molecular flexibility index (Phi) is 7.04. The second-order valence-electron chi connectivity index (χ2n) is 11.6. The molecule has 3 saturated heterocycles. The Morgan fingerprint density at radius 3 is 2.81 bits per heavy atom. The minimum atomic E-state index is -0.240. The van der Waals surface area contributed by atoms with Crippen LogP contribution in [0.2, 0.25) is 0 Å². The number of benzene rings is 2. The maximum absolute atomic E-state index is 12.5. The fourth-order valence-electron chi connectivity index (χ4n) is 7.16. The molecular weight excluding hydrogens is 544 g/mol. The summed E-state index contributed by atoms with van der Waals surface area (Å²) < 4.78 is 7.73. The summed E-state index contributed by atoms with van der Waals surface area (Å²) in [4.78, 5) is 32.7. The van der Waals surface area contributed by atoms with Crippen molar-refractivity contribution in [3.05, 3.63) is 71.9 Å². The number of rotatable bonds is 7. The molecule has 0 saturated carbocycles. The monoisotopic (exact) mass is 578 g/mol. The lowest BCUT2D eigenvalue weighted by atomic mass is 9.95. The standard InChI is InChI=1S/C33H34N6O2S/c1-3-29(40)39-17-16-37(21-25(39)20-34-2)31-27-10-9-24(26-8-4-7-23-11-18-42-30(23)26)19-28(27)35-32(36-31)41-22-33-12-5-14-38(33)15-6-13-33/h3-4,7-11,18-19,25H,1,5-6,12-17,20-22H2/t25-/m0/s1. The number of carbonyl (C=O) groups excluding carboxylic acids is 1. The van der Waals surface area contributed by atoms with Gasteiger partial charge in [-0.05, 0) is 84.9 Å². The van der Waals surface area contributed by atoms with Gasteiger partial charge in [0.05, 0.1) is 11.1 Å². The Morgan fingerprint density at radius 2 is 2.00 bits per heavy atom. The first-order valence-corrected chi connectivity index (χ1v) is 15.6. The highest BCUT2D eigenvalue weighted by Crippen LogP contribution is 2.40. The van der Waals surface area contributed by atoms with Gasteiger partial charge in [0.1, 0.15) is 18.5 Å². The number of ether oxygens (including phenoxy) is 1. The molecule has 2 aromatic heterocycles. The topological polar surface area (TPSA) is 66.2 Å². The van der Waals surface area contributed by atoms with E-state index in [2.05, 4.69) is 69.1 Å². The van der Waals surface area contributed by atoms with Crippen LogP contribution >= 0.6 is 11.3 Å². The van der Waals surface area contributed by atoms with E-state index in [-0.39, 0.29) is 24.0 Å². The minimum Gasteiger partial charge on any atom is -0.461 e. The summed E-state index contributed by atoms with van der Waals surface area (Å²) in [6, 6.07) is 15.1. The Balaban J connectivity index is 1.28. The van der Waals surface area contributed by atoms with E-state index in [4.69, 9.17) is 21.3 Å². The lowest BCUT2D eigenvalue weighted by molar-refractivity contribution is -0.128. The quantitative estimate of drug-likeness (QED) is 0.209. The van der Waals surface area contributed by atoms with E-state index < -0.39 is 0 Å². The van der Waals surface area contributed by atoms with Crippen molar-refractivity contribution in [1.82, 2.24) is 19.8 Å². The van der Waals surface area contributed by atoms with Gasteiger partial charge in [0.2, 0.25) is 12.5 Å². The number of aromatic nitrogens is 2. The predicted octanol–water partition coefficient (Wildman–Crippen LogP) is 5.64. The van der Waals surface area contributed by atoms with E-state index in [1.54, 1.807) is 16.2 Å². The highest BCUT2D eigenvalue weighted by Gasteiger charge is 2.45. The number of hydrogen-bond donors (Lipinski definition) is 0. The van der Waals surface area contributed by atoms with Crippen molar-refractivity contribution in [3.8, 4) is 17.1 Å². The number of carbonyl (C=O) groups is 1. The van der Waals surface area contributed by atoms with Gasteiger partial charge in [-0.2, -0.15) is 9.97 Å². The van der Waals surface area contributed by atoms with Gasteiger partial charge in [0.25, 0.3) is 0 Å². The molecule has 2 aromatic carbocycles. The molecule has 3 aliphatic rings. The van der Waals surface area contributed by atoms with Gasteiger partial charge in [-0.1, -0.05) is 30.8 Å². The maximum Gasteiger partial charge on any atom is 0.319 e. The molecule has 7 rings (SSSR count). The normalized spacial score (nSPS) is 20.1. The zero-order valence-electron chi connectivity index (χ0n) is 23.7. The Hall–Kier alpha value is -4.00. The minimum absolute atomic E-state index is 0.0898. The molecular formula is C33H34N6O2S. The van der Waals surface area contributed by atoms with Gasteiger partial charge < -0.3 is 19.4 Å². The molecule has 0 radical (unpaired) electrons. The zero-order chi connectivity index (χ0) is 28.7. The summed E-state index contributed by atoms with van der Waals surface area (Å²) in [5.74, 6) is 0.660. The van der Waals surface area contributed by atoms with Crippen molar-refractivity contribution in [2.45, 2.75) is 37.3 Å². The first kappa shape index (κ1) is 26.9. The van der Waals surface area contributed by atoms with Crippen molar-refractivity contribution in [2.75, 3.05) is 50.8 Å². The van der Waals surface area contributed by atoms with Crippen LogP contribution in [0, 0.1) is 6.57 Å². The molecule has 3 fully saturated rings. The van der Waals surface area contributed by atoms with Gasteiger partial charge in [0, 0.05) is 29.7 Å². The molecule has 1 amide bonds. The fraction of sp³-hybridized carbons (Fsp3) is 0.394. The van der Waals surface area contributed by atoms with Crippen molar-refractivity contribution >= 4 is 44.1 Å². The van der Waals surface area contributed by atoms with Crippen LogP contribution in [0.5, 0.6) is 6.01 Å². The third kappa shape index (κ3) is 4.69. The maximum atomic E-state index is 12.5. The summed E-state index contributed by atoms with van der Waals surface area (Å²) in [5.41, 5.74) is 3.22. The first-order valence-electron chi connectivity index (χ1n) is 14.8. The van der Waals surface area contributed by atoms with Crippen molar-refractivity contribution in [3.63, 3.8) is 0 Å². The van der Waals surface area contributed by atoms with Crippen molar-refractivity contribution in [2.24, 2.45) is 0 Å². The summed E-state index contributed by atoms with van der Waals surface area (Å²) in [7, 11) is 0. The molecule has 5 heterocycles. The molecule has 0 unspecified atom stereocenters. The van der Waals surface area contributed by atoms with E-state index in [0.29, 0.717) is 32.3 Å². The Labute approximate surface area is 250 Å². The summed E-state index contributed by atoms with van der Waals surface area (Å²) >= 11 is 1.75. The molecule has 214 valence electrons. The number of nitrogens with zero attached hydrogens (tertiary/aromatic N) is 6. The molecule has 0 N–H and O–H groups in total. The average Bonchev–Trinajstić information content (AvgIpc) is 3.75. The lowest BCUT2D eigenvalue weighted by Gasteiger charge is -2.39. The van der Waals surface area contributed by atoms with Gasteiger partial charge in [0.15, 0.2) is 0 Å². The smallest absolute Gasteiger partial charge is 0.319 e. The van der Waals surface area contributed by atoms with Gasteiger partial charge in [-0.3, -0.25) is 9.69 Å². The van der Waals surface area contributed by atoms with Gasteiger partial charge in [-0.15, -0.1) is 11.3 Å². The van der Waals surface area contributed by atoms with Crippen molar-refractivity contribution in [1.29, 1.82) is 0 Å². The molecule has 42 heavy (non-hydrogen) atoms. The highest BCUT2D eigenvalue weighted by atomic mass is 32.1. The van der Waals surface area contributed by atoms with Crippen LogP contribution in [0.3, 0.4) is 0 Å². The van der Waals surface area contributed by atoms with Crippen LogP contribution in [-0.2, 0) is 4.79 Å². The number of hydrogen-bond acceptors (Lipinski definition) is 7. The van der Waals surface area contributed by atoms with Crippen LogP contribution in [0.15, 0.2) is 60.5 Å². The van der Waals surface area contributed by atoms with Gasteiger partial charge in [-0.25, -0.2) is 6.57 Å². The zero-order valence-corrected chi connectivity index (χ0v) is 24.5. The van der Waals surface area contributed by atoms with Crippen LogP contribution in [-0.4, -0.2) is 83.1 Å². The summed E-state index contributed by atoms with van der Waals surface area (Å²) in [6.07, 6.45) is 6.06. The van der Waals surface area contributed by atoms with Crippen LogP contribution < -0.4 is 9.64 Å². The highest BCUT2D eigenvalue weighted by molar-refractivity contribution is 7.17. The summed E-state index contributed by atoms with van der Waals surface area (Å²) in [5, 5.41) is 4.31. The second-order valence-corrected chi connectivity index (χ2v) is 12.5. The Bertz CT molecular complexity index is 1700. The molecule has 8 nitrogen and oxygen atoms in total. The van der Waals surface area contributed by atoms with E-state index in [1.165, 1.54) is 34.6 Å². The number of thiophene rings is 1. The first-order chi connectivity index (χ1) is 20.6. The molecule has 3 aliphatic heterocycles. The number of piperazine rings is 1. The predicted molar refractivity (Wildman–Crippen MR) is 168 cm³/mol. The number of amides is 1. The fourth-order valence-corrected chi connectivity index (χ4v) is 8.10. The molecule has 0 spiro atoms. The molecule has 1 atom stereocenters. The van der Waals surface area contributed by atoms with Gasteiger partial charge >= 0.3 is 6.01 Å². The SMILES string of the molecule is [C-]#[N+]C[C@H]1CN(c2nc(OCC34CCCN3CCC4)nc3cc(-c4cccc5ccsc45)ccc23)CCN1C(=O)C=C. The van der Waals surface area contributed by atoms with Crippen LogP contribution in [0.1, 0.15) is 25.7 Å². The number of fused-ring (bicyclic) bond motifs is 3. The molecule has 0 bridgehead atoms. The Morgan fingerprint density at radius 1 is 1.14 bits per heavy atom. The van der Waals surface area contributed by atoms with E-state index in [9.17, 15) is 4.79 Å². The second kappa shape index (κ2) is 11.0. The van der Waals surface area contributed by atoms with E-state index in [1.807, 2.05) is 0 Å². The third-order valence-electron chi connectivity index (χ3n) is 9.27. The summed E-state index contributed by atoms with van der Waals surface area (Å²) in [6.45, 7) is 15.9. The van der Waals surface area contributed by atoms with E-state index in [0.717, 1.165) is 48.2 Å². The van der Waals surface area contributed by atoms with Crippen LogP contribution in [0.4, 0.5) is 5.82 Å². The largest absolute Gasteiger partial charge is 0.461 e. The molecule has 4 aromatic rings. The van der Waals surface area contributed by atoms with E-state index >= 15 is 0 Å². The average molecular weight is 579 g/mol. The third-order valence-corrected chi connectivity index (χ3v) is 10.2. The molecule has 0 aliphatic carbocycles.